The predicted molar refractivity (Wildman–Crippen MR) is 70.1 cm³/mol. The van der Waals surface area contributed by atoms with E-state index in [0.717, 1.165) is 24.0 Å². The largest absolute Gasteiger partial charge is 0.364 e. The number of aromatic nitrogens is 4. The van der Waals surface area contributed by atoms with E-state index in [1.165, 1.54) is 11.3 Å². The first-order valence-corrected chi connectivity index (χ1v) is 6.21. The molecule has 0 bridgehead atoms. The predicted octanol–water partition coefficient (Wildman–Crippen LogP) is 2.04. The van der Waals surface area contributed by atoms with Crippen LogP contribution in [0.4, 0.5) is 5.69 Å². The van der Waals surface area contributed by atoms with Crippen LogP contribution >= 0.6 is 0 Å². The topological polar surface area (TPSA) is 46.8 Å². The van der Waals surface area contributed by atoms with Gasteiger partial charge in [0.2, 0.25) is 0 Å². The normalized spacial score (nSPS) is 13.7. The van der Waals surface area contributed by atoms with Gasteiger partial charge in [0.25, 0.3) is 0 Å². The van der Waals surface area contributed by atoms with Crippen LogP contribution in [-0.4, -0.2) is 26.8 Å². The molecular formula is C13H17N5. The molecule has 18 heavy (non-hydrogen) atoms. The van der Waals surface area contributed by atoms with Gasteiger partial charge in [-0.05, 0) is 24.5 Å². The lowest BCUT2D eigenvalue weighted by Crippen LogP contribution is -2.28. The SMILES string of the molecule is Cc1nc2n(n1)-c1nccc(C(C)C)c1N(C)C2. The Morgan fingerprint density at radius 1 is 1.33 bits per heavy atom. The molecule has 3 heterocycles. The molecule has 0 aliphatic carbocycles. The van der Waals surface area contributed by atoms with Gasteiger partial charge in [-0.1, -0.05) is 13.8 Å². The first kappa shape index (κ1) is 11.2. The smallest absolute Gasteiger partial charge is 0.179 e. The Bertz CT molecular complexity index is 599. The van der Waals surface area contributed by atoms with Gasteiger partial charge in [-0.3, -0.25) is 0 Å². The second-order valence-corrected chi connectivity index (χ2v) is 5.07. The second-order valence-electron chi connectivity index (χ2n) is 5.07. The highest BCUT2D eigenvalue weighted by molar-refractivity contribution is 5.66. The summed E-state index contributed by atoms with van der Waals surface area (Å²) in [6, 6.07) is 2.09. The van der Waals surface area contributed by atoms with Crippen LogP contribution < -0.4 is 4.90 Å². The summed E-state index contributed by atoms with van der Waals surface area (Å²) in [7, 11) is 2.08. The van der Waals surface area contributed by atoms with Crippen LogP contribution in [0, 0.1) is 6.92 Å². The van der Waals surface area contributed by atoms with Gasteiger partial charge in [-0.2, -0.15) is 4.68 Å². The minimum absolute atomic E-state index is 0.468. The van der Waals surface area contributed by atoms with Crippen molar-refractivity contribution in [1.82, 2.24) is 19.7 Å². The maximum atomic E-state index is 4.49. The molecule has 1 aliphatic heterocycles. The summed E-state index contributed by atoms with van der Waals surface area (Å²) in [5, 5.41) is 4.44. The molecule has 2 aromatic heterocycles. The zero-order valence-electron chi connectivity index (χ0n) is 11.2. The lowest BCUT2D eigenvalue weighted by Gasteiger charge is -2.29. The van der Waals surface area contributed by atoms with E-state index >= 15 is 0 Å². The molecule has 0 spiro atoms. The maximum Gasteiger partial charge on any atom is 0.179 e. The summed E-state index contributed by atoms with van der Waals surface area (Å²) in [5.74, 6) is 3.11. The Kier molecular flexibility index (Phi) is 2.36. The van der Waals surface area contributed by atoms with Gasteiger partial charge < -0.3 is 4.90 Å². The molecule has 0 saturated heterocycles. The Balaban J connectivity index is 2.28. The van der Waals surface area contributed by atoms with Crippen molar-refractivity contribution in [1.29, 1.82) is 0 Å². The van der Waals surface area contributed by atoms with E-state index in [-0.39, 0.29) is 0 Å². The zero-order chi connectivity index (χ0) is 12.9. The van der Waals surface area contributed by atoms with Gasteiger partial charge in [0.05, 0.1) is 12.2 Å². The number of hydrogen-bond donors (Lipinski definition) is 0. The van der Waals surface area contributed by atoms with Crippen molar-refractivity contribution < 1.29 is 0 Å². The average Bonchev–Trinajstić information content (AvgIpc) is 2.69. The molecule has 0 unspecified atom stereocenters. The molecule has 0 atom stereocenters. The Morgan fingerprint density at radius 3 is 2.83 bits per heavy atom. The number of nitrogens with zero attached hydrogens (tertiary/aromatic N) is 5. The van der Waals surface area contributed by atoms with Gasteiger partial charge in [-0.15, -0.1) is 5.10 Å². The molecule has 0 saturated carbocycles. The van der Waals surface area contributed by atoms with Crippen molar-refractivity contribution in [2.24, 2.45) is 0 Å². The number of pyridine rings is 1. The summed E-state index contributed by atoms with van der Waals surface area (Å²) in [5.41, 5.74) is 2.48. The van der Waals surface area contributed by atoms with Crippen LogP contribution in [0.3, 0.4) is 0 Å². The Labute approximate surface area is 106 Å². The van der Waals surface area contributed by atoms with Crippen LogP contribution in [0.2, 0.25) is 0 Å². The third-order valence-electron chi connectivity index (χ3n) is 3.30. The molecule has 0 amide bonds. The van der Waals surface area contributed by atoms with E-state index in [4.69, 9.17) is 0 Å². The van der Waals surface area contributed by atoms with Gasteiger partial charge in [0.15, 0.2) is 11.6 Å². The number of anilines is 1. The molecule has 0 radical (unpaired) electrons. The number of rotatable bonds is 1. The monoisotopic (exact) mass is 243 g/mol. The summed E-state index contributed by atoms with van der Waals surface area (Å²) in [4.78, 5) is 11.1. The summed E-state index contributed by atoms with van der Waals surface area (Å²) >= 11 is 0. The van der Waals surface area contributed by atoms with Crippen molar-refractivity contribution in [2.75, 3.05) is 11.9 Å². The lowest BCUT2D eigenvalue weighted by molar-refractivity contribution is 0.694. The number of fused-ring (bicyclic) bond motifs is 3. The fourth-order valence-electron chi connectivity index (χ4n) is 2.49. The summed E-state index contributed by atoms with van der Waals surface area (Å²) in [6.07, 6.45) is 1.86. The minimum atomic E-state index is 0.468. The lowest BCUT2D eigenvalue weighted by atomic mass is 10.0. The van der Waals surface area contributed by atoms with E-state index in [0.29, 0.717) is 5.92 Å². The molecule has 94 valence electrons. The molecule has 5 nitrogen and oxygen atoms in total. The van der Waals surface area contributed by atoms with Crippen molar-refractivity contribution in [2.45, 2.75) is 33.2 Å². The molecule has 5 heteroatoms. The quantitative estimate of drug-likeness (QED) is 0.769. The van der Waals surface area contributed by atoms with E-state index in [9.17, 15) is 0 Å². The van der Waals surface area contributed by atoms with Crippen molar-refractivity contribution in [3.8, 4) is 5.82 Å². The first-order chi connectivity index (χ1) is 8.58. The van der Waals surface area contributed by atoms with Gasteiger partial charge >= 0.3 is 0 Å². The van der Waals surface area contributed by atoms with Gasteiger partial charge in [0, 0.05) is 13.2 Å². The summed E-state index contributed by atoms with van der Waals surface area (Å²) < 4.78 is 1.87. The fourth-order valence-corrected chi connectivity index (χ4v) is 2.49. The molecular weight excluding hydrogens is 226 g/mol. The van der Waals surface area contributed by atoms with E-state index < -0.39 is 0 Å². The van der Waals surface area contributed by atoms with Crippen LogP contribution in [0.5, 0.6) is 0 Å². The first-order valence-electron chi connectivity index (χ1n) is 6.21. The fraction of sp³-hybridized carbons (Fsp3) is 0.462. The molecule has 0 aromatic carbocycles. The summed E-state index contributed by atoms with van der Waals surface area (Å²) in [6.45, 7) is 7.09. The van der Waals surface area contributed by atoms with E-state index in [1.54, 1.807) is 0 Å². The molecule has 0 fully saturated rings. The molecule has 0 N–H and O–H groups in total. The highest BCUT2D eigenvalue weighted by atomic mass is 15.4. The van der Waals surface area contributed by atoms with Crippen LogP contribution in [0.25, 0.3) is 5.82 Å². The van der Waals surface area contributed by atoms with E-state index in [1.807, 2.05) is 17.8 Å². The van der Waals surface area contributed by atoms with Crippen molar-refractivity contribution in [3.63, 3.8) is 0 Å². The average molecular weight is 243 g/mol. The highest BCUT2D eigenvalue weighted by Crippen LogP contribution is 2.35. The number of hydrogen-bond acceptors (Lipinski definition) is 4. The highest BCUT2D eigenvalue weighted by Gasteiger charge is 2.26. The molecule has 3 rings (SSSR count). The second kappa shape index (κ2) is 3.80. The zero-order valence-corrected chi connectivity index (χ0v) is 11.2. The minimum Gasteiger partial charge on any atom is -0.364 e. The molecule has 2 aromatic rings. The Hall–Kier alpha value is -1.91. The standard InChI is InChI=1S/C13H17N5/c1-8(2)10-5-6-14-13-12(10)17(4)7-11-15-9(3)16-18(11)13/h5-6,8H,7H2,1-4H3. The van der Waals surface area contributed by atoms with Gasteiger partial charge in [0.1, 0.15) is 5.82 Å². The maximum absolute atomic E-state index is 4.49. The number of aryl methyl sites for hydroxylation is 1. The molecule has 1 aliphatic rings. The van der Waals surface area contributed by atoms with Gasteiger partial charge in [-0.25, -0.2) is 9.97 Å². The van der Waals surface area contributed by atoms with E-state index in [2.05, 4.69) is 46.9 Å². The third-order valence-corrected chi connectivity index (χ3v) is 3.30. The van der Waals surface area contributed by atoms with Crippen LogP contribution in [-0.2, 0) is 6.54 Å². The van der Waals surface area contributed by atoms with Crippen molar-refractivity contribution in [3.05, 3.63) is 29.5 Å². The van der Waals surface area contributed by atoms with Crippen LogP contribution in [0.1, 0.15) is 37.0 Å². The van der Waals surface area contributed by atoms with Crippen molar-refractivity contribution >= 4 is 5.69 Å². The Morgan fingerprint density at radius 2 is 2.11 bits per heavy atom. The van der Waals surface area contributed by atoms with Crippen LogP contribution in [0.15, 0.2) is 12.3 Å². The third kappa shape index (κ3) is 1.50.